The van der Waals surface area contributed by atoms with Crippen LogP contribution in [0.15, 0.2) is 36.4 Å². The third-order valence-electron chi connectivity index (χ3n) is 2.55. The number of methoxy groups -OCH3 is 1. The number of benzene rings is 1. The summed E-state index contributed by atoms with van der Waals surface area (Å²) in [5.41, 5.74) is 1.63. The number of carboxylic acid groups (broad SMARTS) is 1. The van der Waals surface area contributed by atoms with Crippen LogP contribution in [0.4, 0.5) is 0 Å². The smallest absolute Gasteiger partial charge is 0.328 e. The Morgan fingerprint density at radius 1 is 1.47 bits per heavy atom. The first-order valence-corrected chi connectivity index (χ1v) is 5.95. The van der Waals surface area contributed by atoms with Crippen LogP contribution in [0.3, 0.4) is 0 Å². The van der Waals surface area contributed by atoms with Crippen molar-refractivity contribution in [3.05, 3.63) is 42.0 Å². The lowest BCUT2D eigenvalue weighted by atomic mass is 10.1. The molecule has 0 saturated heterocycles. The van der Waals surface area contributed by atoms with E-state index >= 15 is 0 Å². The average molecular weight is 262 g/mol. The lowest BCUT2D eigenvalue weighted by Gasteiger charge is -2.11. The summed E-state index contributed by atoms with van der Waals surface area (Å²) in [5.74, 6) is 0.242. The van der Waals surface area contributed by atoms with Crippen LogP contribution in [0.5, 0.6) is 11.5 Å². The van der Waals surface area contributed by atoms with Gasteiger partial charge in [-0.3, -0.25) is 0 Å². The van der Waals surface area contributed by atoms with E-state index in [1.807, 2.05) is 6.92 Å². The zero-order valence-electron chi connectivity index (χ0n) is 11.2. The van der Waals surface area contributed by atoms with Gasteiger partial charge in [-0.1, -0.05) is 13.5 Å². The first-order chi connectivity index (χ1) is 9.06. The van der Waals surface area contributed by atoms with Gasteiger partial charge in [-0.05, 0) is 36.3 Å². The van der Waals surface area contributed by atoms with E-state index in [-0.39, 0.29) is 0 Å². The van der Waals surface area contributed by atoms with Crippen LogP contribution < -0.4 is 9.47 Å². The molecule has 0 aliphatic rings. The van der Waals surface area contributed by atoms with Gasteiger partial charge in [0.25, 0.3) is 0 Å². The van der Waals surface area contributed by atoms with Crippen LogP contribution in [0, 0.1) is 0 Å². The highest BCUT2D eigenvalue weighted by atomic mass is 16.5. The summed E-state index contributed by atoms with van der Waals surface area (Å²) in [6.45, 7) is 6.28. The topological polar surface area (TPSA) is 55.8 Å². The first-order valence-electron chi connectivity index (χ1n) is 5.95. The summed E-state index contributed by atoms with van der Waals surface area (Å²) < 4.78 is 10.7. The van der Waals surface area contributed by atoms with E-state index in [1.165, 1.54) is 6.08 Å². The maximum absolute atomic E-state index is 10.6. The molecule has 1 N–H and O–H groups in total. The van der Waals surface area contributed by atoms with Crippen molar-refractivity contribution in [2.45, 2.75) is 13.3 Å². The quantitative estimate of drug-likeness (QED) is 0.606. The molecular formula is C15H18O4. The molecule has 0 saturated carbocycles. The second-order valence-corrected chi connectivity index (χ2v) is 3.97. The molecule has 0 fully saturated rings. The standard InChI is InChI=1S/C15H18O4/c1-4-11(2)10-19-14-7-6-13(18-3)9-12(14)5-8-15(16)17/h5-9H,2,4,10H2,1,3H3,(H,16,17). The predicted octanol–water partition coefficient (Wildman–Crippen LogP) is 3.14. The van der Waals surface area contributed by atoms with Crippen LogP contribution in [0.2, 0.25) is 0 Å². The van der Waals surface area contributed by atoms with Crippen LogP contribution in [0.25, 0.3) is 6.08 Å². The SMILES string of the molecule is C=C(CC)COc1ccc(OC)cc1C=CC(=O)O. The summed E-state index contributed by atoms with van der Waals surface area (Å²) >= 11 is 0. The van der Waals surface area contributed by atoms with E-state index in [0.29, 0.717) is 23.7 Å². The van der Waals surface area contributed by atoms with Gasteiger partial charge < -0.3 is 14.6 Å². The third kappa shape index (κ3) is 4.87. The second kappa shape index (κ2) is 7.26. The predicted molar refractivity (Wildman–Crippen MR) is 74.6 cm³/mol. The fraction of sp³-hybridized carbons (Fsp3) is 0.267. The molecule has 1 aromatic carbocycles. The van der Waals surface area contributed by atoms with Crippen molar-refractivity contribution in [3.63, 3.8) is 0 Å². The lowest BCUT2D eigenvalue weighted by molar-refractivity contribution is -0.131. The maximum atomic E-state index is 10.6. The monoisotopic (exact) mass is 262 g/mol. The minimum Gasteiger partial charge on any atom is -0.497 e. The minimum atomic E-state index is -1.01. The molecule has 4 heteroatoms. The molecule has 0 unspecified atom stereocenters. The van der Waals surface area contributed by atoms with Gasteiger partial charge in [0, 0.05) is 11.6 Å². The van der Waals surface area contributed by atoms with Crippen molar-refractivity contribution in [2.75, 3.05) is 13.7 Å². The first kappa shape index (κ1) is 14.8. The Bertz CT molecular complexity index is 489. The van der Waals surface area contributed by atoms with E-state index < -0.39 is 5.97 Å². The maximum Gasteiger partial charge on any atom is 0.328 e. The van der Waals surface area contributed by atoms with Crippen molar-refractivity contribution >= 4 is 12.0 Å². The summed E-state index contributed by atoms with van der Waals surface area (Å²) in [6.07, 6.45) is 3.39. The van der Waals surface area contributed by atoms with E-state index in [1.54, 1.807) is 25.3 Å². The molecule has 0 aliphatic carbocycles. The number of hydrogen-bond acceptors (Lipinski definition) is 3. The summed E-state index contributed by atoms with van der Waals surface area (Å²) in [7, 11) is 1.56. The molecule has 0 spiro atoms. The molecule has 0 bridgehead atoms. The van der Waals surface area contributed by atoms with Crippen molar-refractivity contribution < 1.29 is 19.4 Å². The zero-order chi connectivity index (χ0) is 14.3. The van der Waals surface area contributed by atoms with Gasteiger partial charge in [-0.2, -0.15) is 0 Å². The van der Waals surface area contributed by atoms with E-state index in [9.17, 15) is 4.79 Å². The number of rotatable bonds is 7. The zero-order valence-corrected chi connectivity index (χ0v) is 11.2. The van der Waals surface area contributed by atoms with Gasteiger partial charge in [0.15, 0.2) is 0 Å². The number of aliphatic carboxylic acids is 1. The van der Waals surface area contributed by atoms with E-state index in [4.69, 9.17) is 14.6 Å². The number of hydrogen-bond donors (Lipinski definition) is 1. The number of ether oxygens (including phenoxy) is 2. The summed E-state index contributed by atoms with van der Waals surface area (Å²) in [4.78, 5) is 10.6. The number of carboxylic acids is 1. The Balaban J connectivity index is 2.94. The molecule has 1 rings (SSSR count). The molecule has 19 heavy (non-hydrogen) atoms. The van der Waals surface area contributed by atoms with Gasteiger partial charge in [-0.15, -0.1) is 0 Å². The normalized spacial score (nSPS) is 10.4. The highest BCUT2D eigenvalue weighted by Gasteiger charge is 2.04. The largest absolute Gasteiger partial charge is 0.497 e. The molecule has 0 atom stereocenters. The molecule has 0 heterocycles. The highest BCUT2D eigenvalue weighted by molar-refractivity contribution is 5.86. The van der Waals surface area contributed by atoms with Gasteiger partial charge in [0.2, 0.25) is 0 Å². The molecule has 0 radical (unpaired) electrons. The average Bonchev–Trinajstić information content (AvgIpc) is 2.42. The van der Waals surface area contributed by atoms with Gasteiger partial charge in [0.05, 0.1) is 7.11 Å². The lowest BCUT2D eigenvalue weighted by Crippen LogP contribution is -2.01. The molecular weight excluding hydrogens is 244 g/mol. The fourth-order valence-corrected chi connectivity index (χ4v) is 1.36. The molecule has 102 valence electrons. The van der Waals surface area contributed by atoms with Crippen LogP contribution >= 0.6 is 0 Å². The second-order valence-electron chi connectivity index (χ2n) is 3.97. The molecule has 1 aromatic rings. The van der Waals surface area contributed by atoms with Crippen LogP contribution in [0.1, 0.15) is 18.9 Å². The Morgan fingerprint density at radius 2 is 2.21 bits per heavy atom. The van der Waals surface area contributed by atoms with Crippen molar-refractivity contribution in [1.82, 2.24) is 0 Å². The van der Waals surface area contributed by atoms with E-state index in [0.717, 1.165) is 18.1 Å². The summed E-state index contributed by atoms with van der Waals surface area (Å²) in [6, 6.07) is 5.24. The Hall–Kier alpha value is -2.23. The number of carbonyl (C=O) groups is 1. The highest BCUT2D eigenvalue weighted by Crippen LogP contribution is 2.26. The third-order valence-corrected chi connectivity index (χ3v) is 2.55. The minimum absolute atomic E-state index is 0.413. The van der Waals surface area contributed by atoms with Gasteiger partial charge in [-0.25, -0.2) is 4.79 Å². The van der Waals surface area contributed by atoms with Crippen molar-refractivity contribution in [3.8, 4) is 11.5 Å². The van der Waals surface area contributed by atoms with Gasteiger partial charge >= 0.3 is 5.97 Å². The molecule has 0 aliphatic heterocycles. The Kier molecular flexibility index (Phi) is 5.67. The Labute approximate surface area is 113 Å². The van der Waals surface area contributed by atoms with E-state index in [2.05, 4.69) is 6.58 Å². The fourth-order valence-electron chi connectivity index (χ4n) is 1.36. The van der Waals surface area contributed by atoms with Gasteiger partial charge in [0.1, 0.15) is 18.1 Å². The molecule has 0 amide bonds. The Morgan fingerprint density at radius 3 is 2.79 bits per heavy atom. The van der Waals surface area contributed by atoms with Crippen LogP contribution in [-0.2, 0) is 4.79 Å². The van der Waals surface area contributed by atoms with Crippen LogP contribution in [-0.4, -0.2) is 24.8 Å². The summed E-state index contributed by atoms with van der Waals surface area (Å²) in [5, 5.41) is 8.68. The molecule has 0 aromatic heterocycles. The molecule has 4 nitrogen and oxygen atoms in total. The van der Waals surface area contributed by atoms with Crippen molar-refractivity contribution in [2.24, 2.45) is 0 Å². The van der Waals surface area contributed by atoms with Crippen molar-refractivity contribution in [1.29, 1.82) is 0 Å².